The van der Waals surface area contributed by atoms with E-state index in [9.17, 15) is 14.7 Å². The van der Waals surface area contributed by atoms with Crippen LogP contribution in [0.3, 0.4) is 0 Å². The van der Waals surface area contributed by atoms with Gasteiger partial charge in [-0.15, -0.1) is 0 Å². The standard InChI is InChI=1S/C25H29Cl2FN4O3/c26-18-4-1-5-19(27)21(18)23(33)31-20(24(34)35)9-13-32-14-11-25(28,15-32)10-8-17-7-6-16-3-2-12-29-22(16)30-17/h1,4-7,20H,2-3,8-15H2,(H,29,30)(H,31,33)(H,34,35)/t20-,25-/m0/s1. The maximum absolute atomic E-state index is 15.5. The summed E-state index contributed by atoms with van der Waals surface area (Å²) in [6, 6.07) is 7.54. The number of hydrogen-bond acceptors (Lipinski definition) is 5. The van der Waals surface area contributed by atoms with Crippen molar-refractivity contribution in [1.29, 1.82) is 0 Å². The monoisotopic (exact) mass is 522 g/mol. The Morgan fingerprint density at radius 2 is 2.03 bits per heavy atom. The maximum atomic E-state index is 15.5. The van der Waals surface area contributed by atoms with Crippen molar-refractivity contribution in [3.63, 3.8) is 0 Å². The van der Waals surface area contributed by atoms with Gasteiger partial charge in [-0.25, -0.2) is 14.2 Å². The average Bonchev–Trinajstić information content (AvgIpc) is 3.21. The molecular weight excluding hydrogens is 494 g/mol. The number of rotatable bonds is 9. The molecule has 2 aliphatic rings. The molecule has 10 heteroatoms. The number of carbonyl (C=O) groups is 2. The number of aliphatic carboxylic acids is 1. The van der Waals surface area contributed by atoms with Crippen LogP contribution in [0.25, 0.3) is 0 Å². The summed E-state index contributed by atoms with van der Waals surface area (Å²) < 4.78 is 15.5. The molecule has 0 aliphatic carbocycles. The number of nitrogens with one attached hydrogen (secondary N) is 2. The molecule has 1 aromatic heterocycles. The summed E-state index contributed by atoms with van der Waals surface area (Å²) in [5.74, 6) is -0.907. The summed E-state index contributed by atoms with van der Waals surface area (Å²) in [5, 5.41) is 15.7. The fourth-order valence-corrected chi connectivity index (χ4v) is 5.26. The molecule has 188 valence electrons. The summed E-state index contributed by atoms with van der Waals surface area (Å²) >= 11 is 12.1. The van der Waals surface area contributed by atoms with Gasteiger partial charge < -0.3 is 15.7 Å². The zero-order valence-corrected chi connectivity index (χ0v) is 20.8. The molecule has 0 unspecified atom stereocenters. The Hall–Kier alpha value is -2.42. The lowest BCUT2D eigenvalue weighted by atomic mass is 9.97. The number of amides is 1. The molecule has 35 heavy (non-hydrogen) atoms. The van der Waals surface area contributed by atoms with E-state index < -0.39 is 23.6 Å². The topological polar surface area (TPSA) is 94.6 Å². The maximum Gasteiger partial charge on any atom is 0.326 e. The van der Waals surface area contributed by atoms with Crippen molar-refractivity contribution in [2.75, 3.05) is 31.5 Å². The highest BCUT2D eigenvalue weighted by Gasteiger charge is 2.38. The van der Waals surface area contributed by atoms with E-state index in [0.717, 1.165) is 30.9 Å². The molecule has 7 nitrogen and oxygen atoms in total. The van der Waals surface area contributed by atoms with Gasteiger partial charge in [0.05, 0.1) is 15.6 Å². The SMILES string of the molecule is O=C(N[C@@H](CCN1CC[C@@](F)(CCc2ccc3c(n2)NCCC3)C1)C(=O)O)c1c(Cl)cccc1Cl. The Balaban J connectivity index is 1.28. The van der Waals surface area contributed by atoms with E-state index >= 15 is 4.39 Å². The van der Waals surface area contributed by atoms with Crippen molar-refractivity contribution in [3.05, 3.63) is 57.2 Å². The van der Waals surface area contributed by atoms with Crippen LogP contribution in [0.4, 0.5) is 10.2 Å². The number of aromatic nitrogens is 1. The van der Waals surface area contributed by atoms with Gasteiger partial charge in [0.2, 0.25) is 0 Å². The van der Waals surface area contributed by atoms with Crippen LogP contribution in [0, 0.1) is 0 Å². The number of carboxylic acid groups (broad SMARTS) is 1. The zero-order valence-electron chi connectivity index (χ0n) is 19.3. The Labute approximate surface area is 214 Å². The molecule has 0 radical (unpaired) electrons. The number of likely N-dealkylation sites (tertiary alicyclic amines) is 1. The second kappa shape index (κ2) is 11.1. The van der Waals surface area contributed by atoms with Crippen LogP contribution in [0.2, 0.25) is 10.0 Å². The number of aryl methyl sites for hydroxylation is 2. The molecule has 2 aliphatic heterocycles. The number of carboxylic acids is 1. The summed E-state index contributed by atoms with van der Waals surface area (Å²) in [4.78, 5) is 30.9. The molecule has 2 aromatic rings. The summed E-state index contributed by atoms with van der Waals surface area (Å²) in [7, 11) is 0. The number of halogens is 3. The number of alkyl halides is 1. The third kappa shape index (κ3) is 6.42. The van der Waals surface area contributed by atoms with E-state index in [0.29, 0.717) is 32.4 Å². The van der Waals surface area contributed by atoms with Gasteiger partial charge in [0.1, 0.15) is 17.5 Å². The highest BCUT2D eigenvalue weighted by atomic mass is 35.5. The van der Waals surface area contributed by atoms with E-state index in [4.69, 9.17) is 23.2 Å². The average molecular weight is 523 g/mol. The molecular formula is C25H29Cl2FN4O3. The highest BCUT2D eigenvalue weighted by molar-refractivity contribution is 6.39. The number of carbonyl (C=O) groups excluding carboxylic acids is 1. The van der Waals surface area contributed by atoms with Gasteiger partial charge in [-0.1, -0.05) is 35.3 Å². The third-order valence-electron chi connectivity index (χ3n) is 6.69. The van der Waals surface area contributed by atoms with Crippen molar-refractivity contribution < 1.29 is 19.1 Å². The molecule has 3 heterocycles. The van der Waals surface area contributed by atoms with Crippen LogP contribution in [0.1, 0.15) is 47.3 Å². The molecule has 4 rings (SSSR count). The predicted molar refractivity (Wildman–Crippen MR) is 134 cm³/mol. The summed E-state index contributed by atoms with van der Waals surface area (Å²) in [6.07, 6.45) is 3.54. The molecule has 1 aromatic carbocycles. The number of pyridine rings is 1. The Bertz CT molecular complexity index is 1080. The van der Waals surface area contributed by atoms with E-state index in [2.05, 4.69) is 21.7 Å². The van der Waals surface area contributed by atoms with Gasteiger partial charge in [0, 0.05) is 31.9 Å². The lowest BCUT2D eigenvalue weighted by molar-refractivity contribution is -0.139. The first kappa shape index (κ1) is 25.7. The van der Waals surface area contributed by atoms with Gasteiger partial charge in [0.15, 0.2) is 0 Å². The summed E-state index contributed by atoms with van der Waals surface area (Å²) in [5.41, 5.74) is 0.773. The molecule has 2 atom stereocenters. The first-order valence-corrected chi connectivity index (χ1v) is 12.6. The van der Waals surface area contributed by atoms with Crippen molar-refractivity contribution in [2.45, 2.75) is 50.2 Å². The van der Waals surface area contributed by atoms with Crippen LogP contribution < -0.4 is 10.6 Å². The van der Waals surface area contributed by atoms with Crippen LogP contribution in [-0.4, -0.2) is 64.8 Å². The van der Waals surface area contributed by atoms with Crippen molar-refractivity contribution in [1.82, 2.24) is 15.2 Å². The minimum Gasteiger partial charge on any atom is -0.480 e. The van der Waals surface area contributed by atoms with E-state index in [1.165, 1.54) is 17.7 Å². The molecule has 3 N–H and O–H groups in total. The van der Waals surface area contributed by atoms with E-state index in [1.807, 2.05) is 11.0 Å². The van der Waals surface area contributed by atoms with Crippen molar-refractivity contribution in [2.24, 2.45) is 0 Å². The molecule has 0 saturated carbocycles. The second-order valence-corrected chi connectivity index (χ2v) is 10.1. The van der Waals surface area contributed by atoms with Crippen LogP contribution in [0.15, 0.2) is 30.3 Å². The van der Waals surface area contributed by atoms with Crippen LogP contribution in [-0.2, 0) is 17.6 Å². The predicted octanol–water partition coefficient (Wildman–Crippen LogP) is 4.37. The minimum absolute atomic E-state index is 0.0389. The minimum atomic E-state index is -1.35. The number of benzene rings is 1. The number of hydrogen-bond donors (Lipinski definition) is 3. The quantitative estimate of drug-likeness (QED) is 0.452. The fourth-order valence-electron chi connectivity index (χ4n) is 4.69. The number of nitrogens with zero attached hydrogens (tertiary/aromatic N) is 2. The molecule has 1 saturated heterocycles. The highest BCUT2D eigenvalue weighted by Crippen LogP contribution is 2.31. The first-order valence-electron chi connectivity index (χ1n) is 11.9. The van der Waals surface area contributed by atoms with Gasteiger partial charge in [0.25, 0.3) is 5.91 Å². The Kier molecular flexibility index (Phi) is 8.14. The van der Waals surface area contributed by atoms with Gasteiger partial charge in [-0.2, -0.15) is 0 Å². The Morgan fingerprint density at radius 1 is 1.26 bits per heavy atom. The van der Waals surface area contributed by atoms with Crippen molar-refractivity contribution in [3.8, 4) is 0 Å². The molecule has 0 bridgehead atoms. The smallest absolute Gasteiger partial charge is 0.326 e. The largest absolute Gasteiger partial charge is 0.480 e. The van der Waals surface area contributed by atoms with Crippen molar-refractivity contribution >= 4 is 40.9 Å². The molecule has 1 amide bonds. The fraction of sp³-hybridized carbons (Fsp3) is 0.480. The van der Waals surface area contributed by atoms with E-state index in [-0.39, 0.29) is 28.6 Å². The lowest BCUT2D eigenvalue weighted by Crippen LogP contribution is -2.43. The zero-order chi connectivity index (χ0) is 25.0. The van der Waals surface area contributed by atoms with Gasteiger partial charge >= 0.3 is 5.97 Å². The van der Waals surface area contributed by atoms with Gasteiger partial charge in [-0.05, 0) is 62.3 Å². The molecule has 0 spiro atoms. The first-order chi connectivity index (χ1) is 16.7. The lowest BCUT2D eigenvalue weighted by Gasteiger charge is -2.23. The summed E-state index contributed by atoms with van der Waals surface area (Å²) in [6.45, 7) is 2.02. The second-order valence-electron chi connectivity index (χ2n) is 9.27. The van der Waals surface area contributed by atoms with E-state index in [1.54, 1.807) is 6.07 Å². The van der Waals surface area contributed by atoms with Crippen LogP contribution in [0.5, 0.6) is 0 Å². The van der Waals surface area contributed by atoms with Gasteiger partial charge in [-0.3, -0.25) is 9.69 Å². The number of fused-ring (bicyclic) bond motifs is 1. The van der Waals surface area contributed by atoms with Crippen LogP contribution >= 0.6 is 23.2 Å². The Morgan fingerprint density at radius 3 is 2.77 bits per heavy atom. The number of anilines is 1. The third-order valence-corrected chi connectivity index (χ3v) is 7.32. The normalized spacial score (nSPS) is 20.7. The molecule has 1 fully saturated rings.